The van der Waals surface area contributed by atoms with Gasteiger partial charge < -0.3 is 5.11 Å². The van der Waals surface area contributed by atoms with E-state index in [2.05, 4.69) is 26.0 Å². The smallest absolute Gasteiger partial charge is 0.0661 e. The van der Waals surface area contributed by atoms with E-state index >= 15 is 0 Å². The number of fused-ring (bicyclic) bond motifs is 5. The molecule has 0 amide bonds. The summed E-state index contributed by atoms with van der Waals surface area (Å²) in [7, 11) is 0. The highest BCUT2D eigenvalue weighted by Gasteiger charge is 2.62. The van der Waals surface area contributed by atoms with Crippen LogP contribution in [0.15, 0.2) is 0 Å². The summed E-state index contributed by atoms with van der Waals surface area (Å²) in [5, 5.41) is 29.7. The normalized spacial score (nSPS) is 56.3. The van der Waals surface area contributed by atoms with Crippen molar-refractivity contribution < 1.29 is 5.11 Å². The van der Waals surface area contributed by atoms with Crippen LogP contribution in [-0.4, -0.2) is 11.2 Å². The summed E-state index contributed by atoms with van der Waals surface area (Å²) in [6.07, 6.45) is 8.23. The van der Waals surface area contributed by atoms with Crippen LogP contribution in [0.3, 0.4) is 0 Å². The van der Waals surface area contributed by atoms with Crippen molar-refractivity contribution >= 4 is 0 Å². The molecule has 3 heteroatoms. The molecule has 24 heavy (non-hydrogen) atoms. The summed E-state index contributed by atoms with van der Waals surface area (Å²) in [5.74, 6) is 2.45. The van der Waals surface area contributed by atoms with Gasteiger partial charge in [-0.3, -0.25) is 0 Å². The molecule has 0 bridgehead atoms. The van der Waals surface area contributed by atoms with Gasteiger partial charge in [-0.05, 0) is 85.9 Å². The minimum absolute atomic E-state index is 0.125. The van der Waals surface area contributed by atoms with E-state index in [0.29, 0.717) is 29.1 Å². The van der Waals surface area contributed by atoms with Crippen molar-refractivity contribution in [3.8, 4) is 12.1 Å². The molecule has 0 aromatic heterocycles. The quantitative estimate of drug-likeness (QED) is 0.722. The van der Waals surface area contributed by atoms with Crippen LogP contribution in [0.4, 0.5) is 0 Å². The number of hydrogen-bond donors (Lipinski definition) is 1. The fourth-order valence-electron chi connectivity index (χ4n) is 7.59. The molecular formula is C21H30N2O. The molecule has 9 unspecified atom stereocenters. The Morgan fingerprint density at radius 1 is 0.875 bits per heavy atom. The van der Waals surface area contributed by atoms with Gasteiger partial charge in [-0.25, -0.2) is 0 Å². The Morgan fingerprint density at radius 2 is 1.58 bits per heavy atom. The molecule has 1 N–H and O–H groups in total. The van der Waals surface area contributed by atoms with Crippen molar-refractivity contribution in [3.63, 3.8) is 0 Å². The van der Waals surface area contributed by atoms with Crippen molar-refractivity contribution in [2.75, 3.05) is 0 Å². The molecule has 4 aliphatic carbocycles. The maximum atomic E-state index is 10.2. The largest absolute Gasteiger partial charge is 0.393 e. The number of aliphatic hydroxyl groups is 1. The minimum Gasteiger partial charge on any atom is -0.393 e. The van der Waals surface area contributed by atoms with Gasteiger partial charge in [0.25, 0.3) is 0 Å². The van der Waals surface area contributed by atoms with Crippen LogP contribution in [0.5, 0.6) is 0 Å². The first-order valence-corrected chi connectivity index (χ1v) is 9.91. The van der Waals surface area contributed by atoms with Crippen molar-refractivity contribution in [2.45, 2.75) is 71.3 Å². The molecule has 0 spiro atoms. The van der Waals surface area contributed by atoms with Gasteiger partial charge in [0.1, 0.15) is 0 Å². The van der Waals surface area contributed by atoms with Gasteiger partial charge in [0.2, 0.25) is 0 Å². The number of hydrogen-bond acceptors (Lipinski definition) is 3. The standard InChI is InChI=1S/C21H30N2O/c1-20-8-6-18-19(17(20)4-3-14(20)12-23)13(11-22)9-15-10-16(24)5-7-21(15,18)2/h13-19,24H,3-10H2,1-2H3. The predicted octanol–water partition coefficient (Wildman–Crippen LogP) is 4.28. The van der Waals surface area contributed by atoms with Crippen molar-refractivity contribution in [1.29, 1.82) is 10.5 Å². The Labute approximate surface area is 146 Å². The monoisotopic (exact) mass is 326 g/mol. The first kappa shape index (κ1) is 16.4. The van der Waals surface area contributed by atoms with Gasteiger partial charge >= 0.3 is 0 Å². The summed E-state index contributed by atoms with van der Waals surface area (Å²) < 4.78 is 0. The molecule has 4 saturated carbocycles. The van der Waals surface area contributed by atoms with E-state index in [-0.39, 0.29) is 23.4 Å². The summed E-state index contributed by atoms with van der Waals surface area (Å²) >= 11 is 0. The Balaban J connectivity index is 1.71. The van der Waals surface area contributed by atoms with Gasteiger partial charge in [-0.2, -0.15) is 10.5 Å². The SMILES string of the molecule is CC12CCC3C(C(C#N)CC4CC(O)CCC43C)C1CCC2C#N. The van der Waals surface area contributed by atoms with E-state index in [9.17, 15) is 15.6 Å². The topological polar surface area (TPSA) is 67.8 Å². The van der Waals surface area contributed by atoms with Crippen LogP contribution in [0, 0.1) is 69.0 Å². The van der Waals surface area contributed by atoms with Gasteiger partial charge in [0.05, 0.1) is 24.2 Å². The summed E-state index contributed by atoms with van der Waals surface area (Å²) in [6, 6.07) is 5.25. The zero-order valence-electron chi connectivity index (χ0n) is 15.0. The highest BCUT2D eigenvalue weighted by Crippen LogP contribution is 2.68. The Kier molecular flexibility index (Phi) is 3.74. The second-order valence-electron chi connectivity index (χ2n) is 9.70. The van der Waals surface area contributed by atoms with E-state index in [1.54, 1.807) is 0 Å². The van der Waals surface area contributed by atoms with E-state index in [1.807, 2.05) is 0 Å². The Hall–Kier alpha value is -1.06. The van der Waals surface area contributed by atoms with Gasteiger partial charge in [-0.1, -0.05) is 13.8 Å². The van der Waals surface area contributed by atoms with E-state index in [4.69, 9.17) is 0 Å². The Morgan fingerprint density at radius 3 is 2.29 bits per heavy atom. The van der Waals surface area contributed by atoms with Crippen molar-refractivity contribution in [3.05, 3.63) is 0 Å². The van der Waals surface area contributed by atoms with Crippen LogP contribution in [0.1, 0.15) is 65.2 Å². The van der Waals surface area contributed by atoms with Crippen LogP contribution in [0.2, 0.25) is 0 Å². The third kappa shape index (κ3) is 2.04. The first-order chi connectivity index (χ1) is 11.4. The van der Waals surface area contributed by atoms with Crippen LogP contribution in [0.25, 0.3) is 0 Å². The number of nitriles is 2. The highest BCUT2D eigenvalue weighted by molar-refractivity contribution is 5.16. The van der Waals surface area contributed by atoms with E-state index in [0.717, 1.165) is 44.9 Å². The predicted molar refractivity (Wildman–Crippen MR) is 91.3 cm³/mol. The average molecular weight is 326 g/mol. The summed E-state index contributed by atoms with van der Waals surface area (Å²) in [4.78, 5) is 0. The molecule has 4 rings (SSSR count). The molecule has 0 saturated heterocycles. The second-order valence-corrected chi connectivity index (χ2v) is 9.70. The average Bonchev–Trinajstić information content (AvgIpc) is 2.91. The first-order valence-electron chi connectivity index (χ1n) is 9.91. The number of nitrogens with zero attached hydrogens (tertiary/aromatic N) is 2. The zero-order valence-corrected chi connectivity index (χ0v) is 15.0. The fraction of sp³-hybridized carbons (Fsp3) is 0.905. The lowest BCUT2D eigenvalue weighted by Crippen LogP contribution is -2.56. The van der Waals surface area contributed by atoms with Gasteiger partial charge in [0.15, 0.2) is 0 Å². The minimum atomic E-state index is -0.165. The molecule has 0 aromatic rings. The molecular weight excluding hydrogens is 296 g/mol. The lowest BCUT2D eigenvalue weighted by atomic mass is 9.42. The third-order valence-electron chi connectivity index (χ3n) is 9.01. The van der Waals surface area contributed by atoms with E-state index in [1.165, 1.54) is 6.42 Å². The molecule has 4 fully saturated rings. The summed E-state index contributed by atoms with van der Waals surface area (Å²) in [6.45, 7) is 4.79. The van der Waals surface area contributed by atoms with Crippen molar-refractivity contribution in [2.24, 2.45) is 46.3 Å². The molecule has 0 radical (unpaired) electrons. The summed E-state index contributed by atoms with van der Waals surface area (Å²) in [5.41, 5.74) is 0.422. The molecule has 130 valence electrons. The molecule has 0 aromatic carbocycles. The lowest BCUT2D eigenvalue weighted by Gasteiger charge is -2.61. The third-order valence-corrected chi connectivity index (χ3v) is 9.01. The highest BCUT2D eigenvalue weighted by atomic mass is 16.3. The van der Waals surface area contributed by atoms with Gasteiger partial charge in [0, 0.05) is 5.92 Å². The zero-order chi connectivity index (χ0) is 17.1. The Bertz CT molecular complexity index is 604. The van der Waals surface area contributed by atoms with E-state index < -0.39 is 0 Å². The maximum absolute atomic E-state index is 10.2. The van der Waals surface area contributed by atoms with Crippen LogP contribution in [-0.2, 0) is 0 Å². The number of rotatable bonds is 0. The van der Waals surface area contributed by atoms with Crippen molar-refractivity contribution in [1.82, 2.24) is 0 Å². The van der Waals surface area contributed by atoms with Gasteiger partial charge in [-0.15, -0.1) is 0 Å². The molecule has 0 heterocycles. The fourth-order valence-corrected chi connectivity index (χ4v) is 7.59. The molecule has 0 aliphatic heterocycles. The molecule has 9 atom stereocenters. The lowest BCUT2D eigenvalue weighted by molar-refractivity contribution is -0.138. The number of aliphatic hydroxyl groups excluding tert-OH is 1. The maximum Gasteiger partial charge on any atom is 0.0661 e. The molecule has 3 nitrogen and oxygen atoms in total. The second kappa shape index (κ2) is 5.47. The van der Waals surface area contributed by atoms with Crippen LogP contribution < -0.4 is 0 Å². The molecule has 4 aliphatic rings. The van der Waals surface area contributed by atoms with Crippen LogP contribution >= 0.6 is 0 Å².